The highest BCUT2D eigenvalue weighted by Gasteiger charge is 2.23. The average molecular weight is 411 g/mol. The lowest BCUT2D eigenvalue weighted by molar-refractivity contribution is 0.682. The van der Waals surface area contributed by atoms with E-state index >= 15 is 0 Å². The molecule has 0 amide bonds. The number of hydrogen-bond donors (Lipinski definition) is 1. The Bertz CT molecular complexity index is 635. The van der Waals surface area contributed by atoms with Crippen LogP contribution in [0.15, 0.2) is 33.2 Å². The zero-order valence-electron chi connectivity index (χ0n) is 11.6. The average Bonchev–Trinajstić information content (AvgIpc) is 2.99. The first-order valence-electron chi connectivity index (χ1n) is 7.19. The Morgan fingerprint density at radius 3 is 2.38 bits per heavy atom. The third kappa shape index (κ3) is 3.46. The summed E-state index contributed by atoms with van der Waals surface area (Å²) >= 11 is 7.01. The van der Waals surface area contributed by atoms with E-state index in [9.17, 15) is 0 Å². The molecule has 3 nitrogen and oxygen atoms in total. The van der Waals surface area contributed by atoms with Gasteiger partial charge in [-0.15, -0.1) is 0 Å². The van der Waals surface area contributed by atoms with Crippen molar-refractivity contribution in [2.24, 2.45) is 0 Å². The second-order valence-corrected chi connectivity index (χ2v) is 7.22. The van der Waals surface area contributed by atoms with Gasteiger partial charge in [0, 0.05) is 16.8 Å². The monoisotopic (exact) mass is 409 g/mol. The Morgan fingerprint density at radius 2 is 1.71 bits per heavy atom. The van der Waals surface area contributed by atoms with Gasteiger partial charge in [-0.3, -0.25) is 0 Å². The Hall–Kier alpha value is -0.940. The predicted molar refractivity (Wildman–Crippen MR) is 92.3 cm³/mol. The highest BCUT2D eigenvalue weighted by molar-refractivity contribution is 9.10. The summed E-state index contributed by atoms with van der Waals surface area (Å²) in [5.74, 6) is 1.88. The molecule has 1 aromatic heterocycles. The first-order chi connectivity index (χ1) is 10.1. The third-order valence-corrected chi connectivity index (χ3v) is 5.31. The number of benzene rings is 1. The SMILES string of the molecule is Nc1nc(Cc2ccc(Br)cc2)nc(C2CCCC2)c1Br. The smallest absolute Gasteiger partial charge is 0.141 e. The maximum absolute atomic E-state index is 6.06. The van der Waals surface area contributed by atoms with Crippen molar-refractivity contribution in [3.8, 4) is 0 Å². The van der Waals surface area contributed by atoms with Crippen LogP contribution in [-0.2, 0) is 6.42 Å². The van der Waals surface area contributed by atoms with Crippen LogP contribution in [-0.4, -0.2) is 9.97 Å². The van der Waals surface area contributed by atoms with Crippen molar-refractivity contribution in [2.75, 3.05) is 5.73 Å². The molecular formula is C16H17Br2N3. The largest absolute Gasteiger partial charge is 0.383 e. The van der Waals surface area contributed by atoms with Crippen molar-refractivity contribution in [3.63, 3.8) is 0 Å². The summed E-state index contributed by atoms with van der Waals surface area (Å²) in [6.07, 6.45) is 5.68. The number of halogens is 2. The van der Waals surface area contributed by atoms with E-state index in [-0.39, 0.29) is 0 Å². The number of anilines is 1. The fourth-order valence-corrected chi connectivity index (χ4v) is 3.63. The van der Waals surface area contributed by atoms with Gasteiger partial charge in [-0.1, -0.05) is 40.9 Å². The number of nitrogens with two attached hydrogens (primary N) is 1. The van der Waals surface area contributed by atoms with Gasteiger partial charge in [0.1, 0.15) is 11.6 Å². The van der Waals surface area contributed by atoms with Crippen molar-refractivity contribution in [1.29, 1.82) is 0 Å². The zero-order valence-corrected chi connectivity index (χ0v) is 14.8. The molecule has 0 aliphatic heterocycles. The number of nitrogens with zero attached hydrogens (tertiary/aromatic N) is 2. The molecule has 0 atom stereocenters. The second kappa shape index (κ2) is 6.44. The third-order valence-electron chi connectivity index (χ3n) is 3.97. The summed E-state index contributed by atoms with van der Waals surface area (Å²) in [6.45, 7) is 0. The lowest BCUT2D eigenvalue weighted by atomic mass is 10.0. The molecule has 3 rings (SSSR count). The second-order valence-electron chi connectivity index (χ2n) is 5.51. The minimum absolute atomic E-state index is 0.522. The molecule has 1 heterocycles. The van der Waals surface area contributed by atoms with Gasteiger partial charge in [0.2, 0.25) is 0 Å². The molecule has 5 heteroatoms. The molecule has 0 radical (unpaired) electrons. The van der Waals surface area contributed by atoms with Crippen molar-refractivity contribution >= 4 is 37.7 Å². The molecule has 0 spiro atoms. The van der Waals surface area contributed by atoms with Gasteiger partial charge in [-0.2, -0.15) is 0 Å². The molecule has 110 valence electrons. The summed E-state index contributed by atoms with van der Waals surface area (Å²) in [7, 11) is 0. The molecule has 1 aliphatic carbocycles. The van der Waals surface area contributed by atoms with Gasteiger partial charge in [0.05, 0.1) is 10.2 Å². The van der Waals surface area contributed by atoms with Crippen molar-refractivity contribution < 1.29 is 0 Å². The summed E-state index contributed by atoms with van der Waals surface area (Å²) in [5.41, 5.74) is 8.34. The highest BCUT2D eigenvalue weighted by atomic mass is 79.9. The summed E-state index contributed by atoms with van der Waals surface area (Å²) in [5, 5.41) is 0. The maximum atomic E-state index is 6.06. The predicted octanol–water partition coefficient (Wildman–Crippen LogP) is 4.83. The molecule has 2 aromatic rings. The summed E-state index contributed by atoms with van der Waals surface area (Å²) in [6, 6.07) is 8.24. The van der Waals surface area contributed by atoms with E-state index < -0.39 is 0 Å². The minimum atomic E-state index is 0.522. The Kier molecular flexibility index (Phi) is 4.60. The summed E-state index contributed by atoms with van der Waals surface area (Å²) < 4.78 is 1.96. The van der Waals surface area contributed by atoms with E-state index in [1.165, 1.54) is 31.2 Å². The van der Waals surface area contributed by atoms with Gasteiger partial charge < -0.3 is 5.73 Å². The normalized spacial score (nSPS) is 15.5. The Labute approximate surface area is 141 Å². The lowest BCUT2D eigenvalue weighted by Crippen LogP contribution is -2.08. The van der Waals surface area contributed by atoms with E-state index in [2.05, 4.69) is 49.0 Å². The van der Waals surface area contributed by atoms with Crippen molar-refractivity contribution in [2.45, 2.75) is 38.0 Å². The molecule has 2 N–H and O–H groups in total. The van der Waals surface area contributed by atoms with E-state index in [1.807, 2.05) is 12.1 Å². The molecule has 1 aromatic carbocycles. The van der Waals surface area contributed by atoms with Crippen molar-refractivity contribution in [1.82, 2.24) is 9.97 Å². The van der Waals surface area contributed by atoms with Gasteiger partial charge in [-0.25, -0.2) is 9.97 Å². The van der Waals surface area contributed by atoms with E-state index in [0.29, 0.717) is 18.2 Å². The van der Waals surface area contributed by atoms with Crippen LogP contribution in [0.2, 0.25) is 0 Å². The number of nitrogen functional groups attached to an aromatic ring is 1. The van der Waals surface area contributed by atoms with Crippen molar-refractivity contribution in [3.05, 3.63) is 50.3 Å². The number of hydrogen-bond acceptors (Lipinski definition) is 3. The van der Waals surface area contributed by atoms with Gasteiger partial charge >= 0.3 is 0 Å². The van der Waals surface area contributed by atoms with Crippen LogP contribution in [0.4, 0.5) is 5.82 Å². The topological polar surface area (TPSA) is 51.8 Å². The maximum Gasteiger partial charge on any atom is 0.141 e. The quantitative estimate of drug-likeness (QED) is 0.787. The van der Waals surface area contributed by atoms with Crippen LogP contribution < -0.4 is 5.73 Å². The standard InChI is InChI=1S/C16H17Br2N3/c17-12-7-5-10(6-8-12)9-13-20-15(11-3-1-2-4-11)14(18)16(19)21-13/h5-8,11H,1-4,9H2,(H2,19,20,21). The van der Waals surface area contributed by atoms with Crippen LogP contribution in [0.3, 0.4) is 0 Å². The molecule has 1 aliphatic rings. The van der Waals surface area contributed by atoms with Crippen LogP contribution in [0.5, 0.6) is 0 Å². The Balaban J connectivity index is 1.90. The molecule has 1 fully saturated rings. The minimum Gasteiger partial charge on any atom is -0.383 e. The fourth-order valence-electron chi connectivity index (χ4n) is 2.87. The number of rotatable bonds is 3. The van der Waals surface area contributed by atoms with Crippen LogP contribution in [0, 0.1) is 0 Å². The molecular weight excluding hydrogens is 394 g/mol. The fraction of sp³-hybridized carbons (Fsp3) is 0.375. The van der Waals surface area contributed by atoms with Crippen LogP contribution in [0.25, 0.3) is 0 Å². The zero-order chi connectivity index (χ0) is 14.8. The number of aromatic nitrogens is 2. The molecule has 0 bridgehead atoms. The lowest BCUT2D eigenvalue weighted by Gasteiger charge is -2.14. The van der Waals surface area contributed by atoms with E-state index in [4.69, 9.17) is 10.7 Å². The van der Waals surface area contributed by atoms with E-state index in [1.54, 1.807) is 0 Å². The molecule has 1 saturated carbocycles. The first-order valence-corrected chi connectivity index (χ1v) is 8.78. The Morgan fingerprint density at radius 1 is 1.05 bits per heavy atom. The molecule has 0 saturated heterocycles. The van der Waals surface area contributed by atoms with Gasteiger partial charge in [0.25, 0.3) is 0 Å². The van der Waals surface area contributed by atoms with Crippen LogP contribution >= 0.6 is 31.9 Å². The summed E-state index contributed by atoms with van der Waals surface area (Å²) in [4.78, 5) is 9.21. The molecule has 21 heavy (non-hydrogen) atoms. The van der Waals surface area contributed by atoms with Gasteiger partial charge in [0.15, 0.2) is 0 Å². The van der Waals surface area contributed by atoms with E-state index in [0.717, 1.165) is 20.5 Å². The first kappa shape index (κ1) is 15.0. The molecule has 0 unspecified atom stereocenters. The van der Waals surface area contributed by atoms with Crippen LogP contribution in [0.1, 0.15) is 48.7 Å². The van der Waals surface area contributed by atoms with Gasteiger partial charge in [-0.05, 0) is 46.5 Å². The highest BCUT2D eigenvalue weighted by Crippen LogP contribution is 2.38.